The van der Waals surface area contributed by atoms with Crippen LogP contribution in [-0.2, 0) is 11.3 Å². The molecule has 0 radical (unpaired) electrons. The molecule has 2 N–H and O–H groups in total. The molecule has 0 saturated carbocycles. The molecule has 0 aromatic carbocycles. The van der Waals surface area contributed by atoms with Crippen LogP contribution >= 0.6 is 0 Å². The molecule has 0 aliphatic carbocycles. The average Bonchev–Trinajstić information content (AvgIpc) is 2.25. The summed E-state index contributed by atoms with van der Waals surface area (Å²) in [4.78, 5) is 4.11. The maximum atomic E-state index is 5.51. The summed E-state index contributed by atoms with van der Waals surface area (Å²) in [7, 11) is 0. The van der Waals surface area contributed by atoms with Gasteiger partial charge in [0.2, 0.25) is 0 Å². The monoisotopic (exact) mass is 196 g/mol. The molecule has 0 aliphatic heterocycles. The molecule has 1 aromatic rings. The molecule has 0 amide bonds. The lowest BCUT2D eigenvalue weighted by atomic mass is 10.3. The number of ether oxygens (including phenoxy) is 2. The number of nitrogens with two attached hydrogens (primary N) is 1. The second-order valence-electron chi connectivity index (χ2n) is 2.70. The summed E-state index contributed by atoms with van der Waals surface area (Å²) < 4.78 is 10.6. The minimum Gasteiger partial charge on any atom is -0.489 e. The van der Waals surface area contributed by atoms with Crippen molar-refractivity contribution >= 4 is 0 Å². The van der Waals surface area contributed by atoms with E-state index in [1.165, 1.54) is 0 Å². The Hall–Kier alpha value is -1.13. The average molecular weight is 196 g/mol. The van der Waals surface area contributed by atoms with Crippen molar-refractivity contribution < 1.29 is 9.47 Å². The first-order chi connectivity index (χ1) is 6.88. The molecule has 0 bridgehead atoms. The molecule has 4 nitrogen and oxygen atoms in total. The number of pyridine rings is 1. The van der Waals surface area contributed by atoms with Crippen molar-refractivity contribution in [3.05, 3.63) is 24.0 Å². The summed E-state index contributed by atoms with van der Waals surface area (Å²) in [5, 5.41) is 0. The van der Waals surface area contributed by atoms with Crippen LogP contribution in [0.25, 0.3) is 0 Å². The van der Waals surface area contributed by atoms with Gasteiger partial charge in [-0.3, -0.25) is 4.98 Å². The Labute approximate surface area is 84.0 Å². The van der Waals surface area contributed by atoms with E-state index in [0.717, 1.165) is 11.4 Å². The van der Waals surface area contributed by atoms with E-state index in [4.69, 9.17) is 15.2 Å². The first-order valence-electron chi connectivity index (χ1n) is 4.73. The Kier molecular flexibility index (Phi) is 4.96. The molecule has 0 saturated heterocycles. The summed E-state index contributed by atoms with van der Waals surface area (Å²) >= 11 is 0. The molecule has 0 fully saturated rings. The van der Waals surface area contributed by atoms with E-state index < -0.39 is 0 Å². The van der Waals surface area contributed by atoms with Crippen LogP contribution in [0.15, 0.2) is 18.3 Å². The van der Waals surface area contributed by atoms with E-state index in [1.54, 1.807) is 6.20 Å². The van der Waals surface area contributed by atoms with Gasteiger partial charge in [0.15, 0.2) is 0 Å². The lowest BCUT2D eigenvalue weighted by Gasteiger charge is -2.08. The lowest BCUT2D eigenvalue weighted by Crippen LogP contribution is -2.09. The maximum absolute atomic E-state index is 5.51. The van der Waals surface area contributed by atoms with Crippen LogP contribution in [0.4, 0.5) is 0 Å². The quantitative estimate of drug-likeness (QED) is 0.688. The fraction of sp³-hybridized carbons (Fsp3) is 0.500. The van der Waals surface area contributed by atoms with E-state index in [9.17, 15) is 0 Å². The molecule has 14 heavy (non-hydrogen) atoms. The van der Waals surface area contributed by atoms with Gasteiger partial charge < -0.3 is 15.2 Å². The van der Waals surface area contributed by atoms with E-state index in [2.05, 4.69) is 4.98 Å². The van der Waals surface area contributed by atoms with Crippen molar-refractivity contribution in [3.63, 3.8) is 0 Å². The minimum absolute atomic E-state index is 0.394. The summed E-state index contributed by atoms with van der Waals surface area (Å²) in [6.45, 7) is 4.18. The van der Waals surface area contributed by atoms with Crippen LogP contribution in [0.2, 0.25) is 0 Å². The van der Waals surface area contributed by atoms with Gasteiger partial charge >= 0.3 is 0 Å². The highest BCUT2D eigenvalue weighted by Gasteiger charge is 2.01. The Bertz CT molecular complexity index is 266. The van der Waals surface area contributed by atoms with E-state index in [-0.39, 0.29) is 0 Å². The van der Waals surface area contributed by atoms with Gasteiger partial charge in [0.25, 0.3) is 0 Å². The van der Waals surface area contributed by atoms with Gasteiger partial charge in [-0.25, -0.2) is 0 Å². The van der Waals surface area contributed by atoms with Gasteiger partial charge in [-0.2, -0.15) is 0 Å². The zero-order valence-electron chi connectivity index (χ0n) is 8.40. The van der Waals surface area contributed by atoms with E-state index >= 15 is 0 Å². The van der Waals surface area contributed by atoms with Crippen LogP contribution in [0.5, 0.6) is 5.75 Å². The van der Waals surface area contributed by atoms with Crippen molar-refractivity contribution in [1.82, 2.24) is 4.98 Å². The topological polar surface area (TPSA) is 57.4 Å². The van der Waals surface area contributed by atoms with Gasteiger partial charge in [-0.15, -0.1) is 0 Å². The van der Waals surface area contributed by atoms with Crippen LogP contribution in [0.1, 0.15) is 12.6 Å². The molecule has 1 aromatic heterocycles. The predicted octanol–water partition coefficient (Wildman–Crippen LogP) is 0.956. The van der Waals surface area contributed by atoms with Crippen LogP contribution < -0.4 is 10.5 Å². The molecule has 0 spiro atoms. The fourth-order valence-electron chi connectivity index (χ4n) is 1.06. The number of rotatable bonds is 6. The Morgan fingerprint density at radius 1 is 1.43 bits per heavy atom. The molecule has 1 rings (SSSR count). The molecular formula is C10H16N2O2. The number of hydrogen-bond acceptors (Lipinski definition) is 4. The van der Waals surface area contributed by atoms with Gasteiger partial charge in [-0.1, -0.05) is 0 Å². The second kappa shape index (κ2) is 6.34. The molecule has 0 aliphatic rings. The molecule has 1 heterocycles. The summed E-state index contributed by atoms with van der Waals surface area (Å²) in [6, 6.07) is 3.69. The highest BCUT2D eigenvalue weighted by atomic mass is 16.5. The lowest BCUT2D eigenvalue weighted by molar-refractivity contribution is 0.109. The van der Waals surface area contributed by atoms with Crippen molar-refractivity contribution in [2.24, 2.45) is 5.73 Å². The standard InChI is InChI=1S/C10H16N2O2/c1-2-13-6-7-14-10-4-3-5-12-9(10)8-11/h3-5H,2,6-8,11H2,1H3. The fourth-order valence-corrected chi connectivity index (χ4v) is 1.06. The summed E-state index contributed by atoms with van der Waals surface area (Å²) in [6.07, 6.45) is 1.71. The van der Waals surface area contributed by atoms with Gasteiger partial charge in [-0.05, 0) is 19.1 Å². The molecular weight excluding hydrogens is 180 g/mol. The van der Waals surface area contributed by atoms with E-state index in [0.29, 0.717) is 26.4 Å². The van der Waals surface area contributed by atoms with Crippen molar-refractivity contribution in [3.8, 4) is 5.75 Å². The first-order valence-corrected chi connectivity index (χ1v) is 4.73. The highest BCUT2D eigenvalue weighted by molar-refractivity contribution is 5.26. The largest absolute Gasteiger partial charge is 0.489 e. The number of nitrogens with zero attached hydrogens (tertiary/aromatic N) is 1. The van der Waals surface area contributed by atoms with Crippen molar-refractivity contribution in [2.75, 3.05) is 19.8 Å². The summed E-state index contributed by atoms with van der Waals surface area (Å²) in [5.74, 6) is 0.745. The Balaban J connectivity index is 2.41. The Morgan fingerprint density at radius 3 is 3.00 bits per heavy atom. The van der Waals surface area contributed by atoms with Crippen molar-refractivity contribution in [1.29, 1.82) is 0 Å². The van der Waals surface area contributed by atoms with Crippen LogP contribution in [0.3, 0.4) is 0 Å². The molecule has 78 valence electrons. The molecule has 0 atom stereocenters. The Morgan fingerprint density at radius 2 is 2.29 bits per heavy atom. The van der Waals surface area contributed by atoms with Gasteiger partial charge in [0.1, 0.15) is 12.4 Å². The SMILES string of the molecule is CCOCCOc1cccnc1CN. The zero-order chi connectivity index (χ0) is 10.2. The first kappa shape index (κ1) is 10.9. The molecule has 4 heteroatoms. The predicted molar refractivity (Wildman–Crippen MR) is 54.1 cm³/mol. The third kappa shape index (κ3) is 3.32. The van der Waals surface area contributed by atoms with Crippen LogP contribution in [-0.4, -0.2) is 24.8 Å². The van der Waals surface area contributed by atoms with E-state index in [1.807, 2.05) is 19.1 Å². The van der Waals surface area contributed by atoms with Gasteiger partial charge in [0, 0.05) is 19.3 Å². The maximum Gasteiger partial charge on any atom is 0.142 e. The number of hydrogen-bond donors (Lipinski definition) is 1. The van der Waals surface area contributed by atoms with Gasteiger partial charge in [0.05, 0.1) is 12.3 Å². The summed E-state index contributed by atoms with van der Waals surface area (Å²) in [5.41, 5.74) is 6.29. The smallest absolute Gasteiger partial charge is 0.142 e. The third-order valence-electron chi connectivity index (χ3n) is 1.73. The third-order valence-corrected chi connectivity index (χ3v) is 1.73. The van der Waals surface area contributed by atoms with Crippen LogP contribution in [0, 0.1) is 0 Å². The normalized spacial score (nSPS) is 10.1. The number of aromatic nitrogens is 1. The minimum atomic E-state index is 0.394. The zero-order valence-corrected chi connectivity index (χ0v) is 8.40. The highest BCUT2D eigenvalue weighted by Crippen LogP contribution is 2.13. The second-order valence-corrected chi connectivity index (χ2v) is 2.70. The molecule has 0 unspecified atom stereocenters. The van der Waals surface area contributed by atoms with Crippen molar-refractivity contribution in [2.45, 2.75) is 13.5 Å².